The number of sulfonamides is 1. The zero-order valence-electron chi connectivity index (χ0n) is 13.9. The van der Waals surface area contributed by atoms with Crippen LogP contribution in [-0.4, -0.2) is 38.9 Å². The summed E-state index contributed by atoms with van der Waals surface area (Å²) in [6.45, 7) is 0.284. The van der Waals surface area contributed by atoms with Gasteiger partial charge in [-0.1, -0.05) is 48.5 Å². The smallest absolute Gasteiger partial charge is 0.218 e. The van der Waals surface area contributed by atoms with Crippen molar-refractivity contribution in [2.75, 3.05) is 20.2 Å². The molecule has 2 atom stereocenters. The van der Waals surface area contributed by atoms with E-state index >= 15 is 0 Å². The van der Waals surface area contributed by atoms with Crippen molar-refractivity contribution in [3.8, 4) is 0 Å². The lowest BCUT2D eigenvalue weighted by molar-refractivity contribution is -0.111. The number of benzene rings is 2. The van der Waals surface area contributed by atoms with Crippen molar-refractivity contribution < 1.29 is 17.6 Å². The first-order valence-electron chi connectivity index (χ1n) is 8.11. The number of hydrogen-bond acceptors (Lipinski definition) is 4. The van der Waals surface area contributed by atoms with Gasteiger partial charge in [-0.2, -0.15) is 5.06 Å². The van der Waals surface area contributed by atoms with Gasteiger partial charge < -0.3 is 0 Å². The average molecular weight is 364 g/mol. The molecule has 5 nitrogen and oxygen atoms in total. The maximum atomic E-state index is 14.2. The summed E-state index contributed by atoms with van der Waals surface area (Å²) in [5.41, 5.74) is 1.37. The first-order valence-corrected chi connectivity index (χ1v) is 9.66. The Kier molecular flexibility index (Phi) is 5.48. The van der Waals surface area contributed by atoms with Crippen LogP contribution in [-0.2, 0) is 21.3 Å². The van der Waals surface area contributed by atoms with Crippen LogP contribution in [0.15, 0.2) is 54.6 Å². The number of nitrogens with one attached hydrogen (secondary N) is 1. The van der Waals surface area contributed by atoms with Gasteiger partial charge in [0.1, 0.15) is 11.1 Å². The van der Waals surface area contributed by atoms with E-state index in [1.807, 2.05) is 30.3 Å². The predicted molar refractivity (Wildman–Crippen MR) is 93.7 cm³/mol. The third kappa shape index (κ3) is 4.07. The van der Waals surface area contributed by atoms with Crippen molar-refractivity contribution in [3.63, 3.8) is 0 Å². The molecule has 134 valence electrons. The Hall–Kier alpha value is -1.80. The molecule has 0 radical (unpaired) electrons. The SMILES string of the molecule is CN1OC[C@H](S(=O)(=O)NCCc2ccccc2)[C@H]1c1ccccc1F. The quantitative estimate of drug-likeness (QED) is 0.854. The molecule has 1 fully saturated rings. The second-order valence-electron chi connectivity index (χ2n) is 6.02. The van der Waals surface area contributed by atoms with E-state index in [-0.39, 0.29) is 13.2 Å². The van der Waals surface area contributed by atoms with Crippen LogP contribution < -0.4 is 4.72 Å². The van der Waals surface area contributed by atoms with E-state index in [9.17, 15) is 12.8 Å². The highest BCUT2D eigenvalue weighted by Crippen LogP contribution is 2.34. The van der Waals surface area contributed by atoms with Crippen molar-refractivity contribution in [2.45, 2.75) is 17.7 Å². The van der Waals surface area contributed by atoms with Gasteiger partial charge in [-0.05, 0) is 18.1 Å². The summed E-state index contributed by atoms with van der Waals surface area (Å²) >= 11 is 0. The summed E-state index contributed by atoms with van der Waals surface area (Å²) in [6, 6.07) is 15.1. The lowest BCUT2D eigenvalue weighted by atomic mass is 10.0. The number of hydroxylamine groups is 2. The molecule has 0 amide bonds. The summed E-state index contributed by atoms with van der Waals surface area (Å²) in [6.07, 6.45) is 0.591. The Bertz CT molecular complexity index is 814. The molecule has 2 aromatic rings. The largest absolute Gasteiger partial charge is 0.297 e. The van der Waals surface area contributed by atoms with Crippen LogP contribution in [0.4, 0.5) is 4.39 Å². The molecule has 2 aromatic carbocycles. The second-order valence-corrected chi connectivity index (χ2v) is 8.01. The van der Waals surface area contributed by atoms with E-state index < -0.39 is 27.1 Å². The van der Waals surface area contributed by atoms with E-state index in [0.29, 0.717) is 12.0 Å². The van der Waals surface area contributed by atoms with Gasteiger partial charge in [0.05, 0.1) is 12.6 Å². The molecule has 0 unspecified atom stereocenters. The fraction of sp³-hybridized carbons (Fsp3) is 0.333. The highest BCUT2D eigenvalue weighted by Gasteiger charge is 2.43. The van der Waals surface area contributed by atoms with Crippen molar-refractivity contribution in [2.24, 2.45) is 0 Å². The first-order chi connectivity index (χ1) is 12.0. The molecule has 0 aromatic heterocycles. The minimum atomic E-state index is -3.66. The lowest BCUT2D eigenvalue weighted by Gasteiger charge is -2.23. The average Bonchev–Trinajstić information content (AvgIpc) is 2.98. The van der Waals surface area contributed by atoms with Crippen molar-refractivity contribution in [1.82, 2.24) is 9.79 Å². The monoisotopic (exact) mass is 364 g/mol. The molecule has 1 aliphatic heterocycles. The van der Waals surface area contributed by atoms with Crippen LogP contribution in [0.5, 0.6) is 0 Å². The molecule has 1 aliphatic rings. The van der Waals surface area contributed by atoms with Gasteiger partial charge >= 0.3 is 0 Å². The minimum Gasteiger partial charge on any atom is -0.297 e. The Morgan fingerprint density at radius 2 is 1.84 bits per heavy atom. The highest BCUT2D eigenvalue weighted by atomic mass is 32.2. The third-order valence-corrected chi connectivity index (χ3v) is 6.17. The van der Waals surface area contributed by atoms with Gasteiger partial charge in [0, 0.05) is 19.2 Å². The lowest BCUT2D eigenvalue weighted by Crippen LogP contribution is -2.40. The van der Waals surface area contributed by atoms with E-state index in [2.05, 4.69) is 4.72 Å². The van der Waals surface area contributed by atoms with Gasteiger partial charge in [-0.15, -0.1) is 0 Å². The van der Waals surface area contributed by atoms with E-state index in [4.69, 9.17) is 4.84 Å². The maximum absolute atomic E-state index is 14.2. The van der Waals surface area contributed by atoms with Crippen LogP contribution in [0.3, 0.4) is 0 Å². The molecular weight excluding hydrogens is 343 g/mol. The molecule has 0 bridgehead atoms. The second kappa shape index (κ2) is 7.61. The van der Waals surface area contributed by atoms with Crippen molar-refractivity contribution >= 4 is 10.0 Å². The van der Waals surface area contributed by atoms with Crippen LogP contribution in [0.25, 0.3) is 0 Å². The summed E-state index contributed by atoms with van der Waals surface area (Å²) < 4.78 is 42.2. The molecule has 3 rings (SSSR count). The van der Waals surface area contributed by atoms with E-state index in [1.165, 1.54) is 11.1 Å². The first kappa shape index (κ1) is 18.0. The Balaban J connectivity index is 1.73. The molecule has 25 heavy (non-hydrogen) atoms. The number of hydrogen-bond donors (Lipinski definition) is 1. The van der Waals surface area contributed by atoms with Gasteiger partial charge in [-0.25, -0.2) is 17.5 Å². The fourth-order valence-electron chi connectivity index (χ4n) is 3.06. The molecule has 0 saturated carbocycles. The summed E-state index contributed by atoms with van der Waals surface area (Å²) in [4.78, 5) is 5.39. The standard InChI is InChI=1S/C18H21FN2O3S/c1-21-18(15-9-5-6-10-16(15)19)17(13-24-21)25(22,23)20-12-11-14-7-3-2-4-8-14/h2-10,17-18,20H,11-13H2,1H3/t17-,18+/m0/s1. The summed E-state index contributed by atoms with van der Waals surface area (Å²) in [7, 11) is -2.04. The molecule has 1 N–H and O–H groups in total. The van der Waals surface area contributed by atoms with Crippen LogP contribution in [0.2, 0.25) is 0 Å². The number of halogens is 1. The number of nitrogens with zero attached hydrogens (tertiary/aromatic N) is 1. The molecular formula is C18H21FN2O3S. The fourth-order valence-corrected chi connectivity index (χ4v) is 4.55. The molecule has 0 spiro atoms. The van der Waals surface area contributed by atoms with Crippen LogP contribution in [0.1, 0.15) is 17.2 Å². The van der Waals surface area contributed by atoms with Gasteiger partial charge in [0.15, 0.2) is 0 Å². The summed E-state index contributed by atoms with van der Waals surface area (Å²) in [5, 5.41) is 0.546. The van der Waals surface area contributed by atoms with Crippen molar-refractivity contribution in [1.29, 1.82) is 0 Å². The third-order valence-electron chi connectivity index (χ3n) is 4.37. The molecule has 7 heteroatoms. The highest BCUT2D eigenvalue weighted by molar-refractivity contribution is 7.90. The Morgan fingerprint density at radius 1 is 1.16 bits per heavy atom. The van der Waals surface area contributed by atoms with Gasteiger partial charge in [0.2, 0.25) is 10.0 Å². The maximum Gasteiger partial charge on any atom is 0.218 e. The van der Waals surface area contributed by atoms with Crippen LogP contribution in [0, 0.1) is 5.82 Å². The van der Waals surface area contributed by atoms with Crippen molar-refractivity contribution in [3.05, 3.63) is 71.5 Å². The van der Waals surface area contributed by atoms with Gasteiger partial charge in [-0.3, -0.25) is 4.84 Å². The van der Waals surface area contributed by atoms with E-state index in [0.717, 1.165) is 5.56 Å². The minimum absolute atomic E-state index is 0.00380. The Labute approximate surface area is 147 Å². The molecule has 1 heterocycles. The Morgan fingerprint density at radius 3 is 2.56 bits per heavy atom. The predicted octanol–water partition coefficient (Wildman–Crippen LogP) is 2.27. The normalized spacial score (nSPS) is 21.5. The topological polar surface area (TPSA) is 58.6 Å². The molecule has 1 saturated heterocycles. The zero-order chi connectivity index (χ0) is 17.9. The van der Waals surface area contributed by atoms with E-state index in [1.54, 1.807) is 25.2 Å². The summed E-state index contributed by atoms with van der Waals surface area (Å²) in [5.74, 6) is -0.436. The van der Waals surface area contributed by atoms with Crippen LogP contribution >= 0.6 is 0 Å². The number of rotatable bonds is 6. The molecule has 0 aliphatic carbocycles. The van der Waals surface area contributed by atoms with Gasteiger partial charge in [0.25, 0.3) is 0 Å². The zero-order valence-corrected chi connectivity index (χ0v) is 14.7.